The van der Waals surface area contributed by atoms with Gasteiger partial charge in [0.15, 0.2) is 6.17 Å². The normalized spacial score (nSPS) is 18.9. The maximum Gasteiger partial charge on any atom is 0.262 e. The molecule has 0 fully saturated rings. The smallest absolute Gasteiger partial charge is 0.262 e. The largest absolute Gasteiger partial charge is 0.360 e. The molecule has 2 aromatic carbocycles. The molecule has 0 spiro atoms. The average molecular weight is 382 g/mol. The van der Waals surface area contributed by atoms with E-state index in [-0.39, 0.29) is 4.90 Å². The third kappa shape index (κ3) is 2.99. The molecule has 0 unspecified atom stereocenters. The number of carbonyl (C=O) groups is 1. The summed E-state index contributed by atoms with van der Waals surface area (Å²) in [6.07, 6.45) is -1.07. The minimum atomic E-state index is -3.72. The van der Waals surface area contributed by atoms with Crippen LogP contribution in [-0.2, 0) is 14.8 Å². The third-order valence-electron chi connectivity index (χ3n) is 3.12. The minimum absolute atomic E-state index is 0.127. The monoisotopic (exact) mass is 381 g/mol. The highest BCUT2D eigenvalue weighted by Crippen LogP contribution is 2.25. The fourth-order valence-corrected chi connectivity index (χ4v) is 3.63. The number of carbonyl (C=O) groups excluding carboxylic acids is 1. The van der Waals surface area contributed by atoms with Crippen molar-refractivity contribution in [1.29, 1.82) is 0 Å². The van der Waals surface area contributed by atoms with Crippen molar-refractivity contribution in [2.45, 2.75) is 11.1 Å². The van der Waals surface area contributed by atoms with Crippen molar-refractivity contribution in [2.24, 2.45) is 0 Å². The summed E-state index contributed by atoms with van der Waals surface area (Å²) in [4.78, 5) is 12.4. The standard InChI is InChI=1S/C14H12BrN3O3S/c15-9-5-7-10(8-6-9)16-14(19)13-17-11-3-1-2-4-12(11)22(20,21)18-13/h1-8,13,17-18H,(H,16,19)/t13-/m1/s1. The highest BCUT2D eigenvalue weighted by atomic mass is 79.9. The molecule has 0 saturated heterocycles. The molecule has 0 radical (unpaired) electrons. The van der Waals surface area contributed by atoms with Crippen LogP contribution in [0.3, 0.4) is 0 Å². The van der Waals surface area contributed by atoms with Gasteiger partial charge in [-0.05, 0) is 36.4 Å². The van der Waals surface area contributed by atoms with E-state index < -0.39 is 22.1 Å². The second kappa shape index (κ2) is 5.71. The molecular weight excluding hydrogens is 370 g/mol. The van der Waals surface area contributed by atoms with Gasteiger partial charge in [-0.15, -0.1) is 0 Å². The second-order valence-corrected chi connectivity index (χ2v) is 7.29. The van der Waals surface area contributed by atoms with E-state index in [1.165, 1.54) is 6.07 Å². The third-order valence-corrected chi connectivity index (χ3v) is 5.13. The van der Waals surface area contributed by atoms with E-state index in [0.717, 1.165) is 4.47 Å². The molecule has 0 bridgehead atoms. The van der Waals surface area contributed by atoms with Crippen LogP contribution in [0.25, 0.3) is 0 Å². The van der Waals surface area contributed by atoms with E-state index in [2.05, 4.69) is 31.3 Å². The lowest BCUT2D eigenvalue weighted by Gasteiger charge is -2.27. The molecule has 2 aromatic rings. The van der Waals surface area contributed by atoms with Crippen LogP contribution in [0, 0.1) is 0 Å². The molecule has 6 nitrogen and oxygen atoms in total. The Bertz CT molecular complexity index is 821. The fraction of sp³-hybridized carbons (Fsp3) is 0.0714. The molecule has 3 N–H and O–H groups in total. The number of rotatable bonds is 2. The van der Waals surface area contributed by atoms with Crippen molar-refractivity contribution < 1.29 is 13.2 Å². The zero-order chi connectivity index (χ0) is 15.7. The number of hydrogen-bond acceptors (Lipinski definition) is 4. The van der Waals surface area contributed by atoms with Crippen LogP contribution in [0.4, 0.5) is 11.4 Å². The second-order valence-electron chi connectivity index (χ2n) is 4.69. The molecule has 0 aromatic heterocycles. The summed E-state index contributed by atoms with van der Waals surface area (Å²) in [6.45, 7) is 0. The minimum Gasteiger partial charge on any atom is -0.360 e. The van der Waals surface area contributed by atoms with Gasteiger partial charge in [0.05, 0.1) is 5.69 Å². The lowest BCUT2D eigenvalue weighted by Crippen LogP contribution is -2.51. The average Bonchev–Trinajstić information content (AvgIpc) is 2.49. The van der Waals surface area contributed by atoms with Gasteiger partial charge in [-0.2, -0.15) is 4.72 Å². The van der Waals surface area contributed by atoms with E-state index >= 15 is 0 Å². The predicted octanol–water partition coefficient (Wildman–Crippen LogP) is 2.12. The molecular formula is C14H12BrN3O3S. The first-order chi connectivity index (χ1) is 10.5. The number of para-hydroxylation sites is 1. The Kier molecular flexibility index (Phi) is 3.90. The highest BCUT2D eigenvalue weighted by Gasteiger charge is 2.32. The number of halogens is 1. The van der Waals surface area contributed by atoms with Crippen molar-refractivity contribution in [3.05, 3.63) is 53.0 Å². The number of benzene rings is 2. The molecule has 1 amide bonds. The summed E-state index contributed by atoms with van der Waals surface area (Å²) in [6, 6.07) is 13.4. The van der Waals surface area contributed by atoms with Crippen molar-refractivity contribution >= 4 is 43.2 Å². The van der Waals surface area contributed by atoms with E-state index in [1.54, 1.807) is 42.5 Å². The van der Waals surface area contributed by atoms with Crippen LogP contribution in [0.15, 0.2) is 57.9 Å². The Hall–Kier alpha value is -1.90. The highest BCUT2D eigenvalue weighted by molar-refractivity contribution is 9.10. The van der Waals surface area contributed by atoms with Gasteiger partial charge in [0.1, 0.15) is 4.90 Å². The van der Waals surface area contributed by atoms with Crippen LogP contribution in [0.2, 0.25) is 0 Å². The fourth-order valence-electron chi connectivity index (χ4n) is 2.09. The van der Waals surface area contributed by atoms with Gasteiger partial charge < -0.3 is 10.6 Å². The van der Waals surface area contributed by atoms with Gasteiger partial charge in [0, 0.05) is 10.2 Å². The zero-order valence-electron chi connectivity index (χ0n) is 11.2. The Labute approximate surface area is 136 Å². The van der Waals surface area contributed by atoms with Gasteiger partial charge in [-0.3, -0.25) is 4.79 Å². The zero-order valence-corrected chi connectivity index (χ0v) is 13.6. The topological polar surface area (TPSA) is 87.3 Å². The van der Waals surface area contributed by atoms with E-state index in [4.69, 9.17) is 0 Å². The SMILES string of the molecule is O=C(Nc1ccc(Br)cc1)[C@@H]1Nc2ccccc2S(=O)(=O)N1. The van der Waals surface area contributed by atoms with Gasteiger partial charge >= 0.3 is 0 Å². The number of nitrogens with one attached hydrogen (secondary N) is 3. The summed E-state index contributed by atoms with van der Waals surface area (Å²) < 4.78 is 27.5. The molecule has 1 heterocycles. The van der Waals surface area contributed by atoms with Crippen molar-refractivity contribution in [1.82, 2.24) is 4.72 Å². The Morgan fingerprint density at radius 3 is 2.50 bits per heavy atom. The molecule has 1 aliphatic heterocycles. The van der Waals surface area contributed by atoms with Crippen LogP contribution in [-0.4, -0.2) is 20.5 Å². The van der Waals surface area contributed by atoms with Crippen LogP contribution in [0.1, 0.15) is 0 Å². The predicted molar refractivity (Wildman–Crippen MR) is 86.9 cm³/mol. The summed E-state index contributed by atoms with van der Waals surface area (Å²) in [5.41, 5.74) is 0.977. The van der Waals surface area contributed by atoms with E-state index in [0.29, 0.717) is 11.4 Å². The lowest BCUT2D eigenvalue weighted by molar-refractivity contribution is -0.117. The molecule has 22 heavy (non-hydrogen) atoms. The Morgan fingerprint density at radius 2 is 1.77 bits per heavy atom. The first-order valence-electron chi connectivity index (χ1n) is 6.40. The summed E-state index contributed by atoms with van der Waals surface area (Å²) in [5.74, 6) is -0.486. The summed E-state index contributed by atoms with van der Waals surface area (Å²) in [5, 5.41) is 5.53. The molecule has 0 aliphatic carbocycles. The van der Waals surface area contributed by atoms with Crippen molar-refractivity contribution in [2.75, 3.05) is 10.6 Å². The maximum absolute atomic E-state index is 12.2. The van der Waals surface area contributed by atoms with Crippen LogP contribution < -0.4 is 15.4 Å². The van der Waals surface area contributed by atoms with Gasteiger partial charge in [0.2, 0.25) is 10.0 Å². The number of amides is 1. The van der Waals surface area contributed by atoms with Gasteiger partial charge in [-0.1, -0.05) is 28.1 Å². The number of anilines is 2. The maximum atomic E-state index is 12.2. The number of sulfonamides is 1. The number of fused-ring (bicyclic) bond motifs is 1. The summed E-state index contributed by atoms with van der Waals surface area (Å²) >= 11 is 3.30. The quantitative estimate of drug-likeness (QED) is 0.743. The van der Waals surface area contributed by atoms with Crippen molar-refractivity contribution in [3.63, 3.8) is 0 Å². The van der Waals surface area contributed by atoms with Gasteiger partial charge in [-0.25, -0.2) is 8.42 Å². The molecule has 3 rings (SSSR count). The number of hydrogen-bond donors (Lipinski definition) is 3. The van der Waals surface area contributed by atoms with Crippen LogP contribution in [0.5, 0.6) is 0 Å². The van der Waals surface area contributed by atoms with Crippen molar-refractivity contribution in [3.8, 4) is 0 Å². The Morgan fingerprint density at radius 1 is 1.09 bits per heavy atom. The molecule has 1 atom stereocenters. The molecule has 8 heteroatoms. The van der Waals surface area contributed by atoms with Gasteiger partial charge in [0.25, 0.3) is 5.91 Å². The lowest BCUT2D eigenvalue weighted by atomic mass is 10.3. The van der Waals surface area contributed by atoms with Crippen LogP contribution >= 0.6 is 15.9 Å². The van der Waals surface area contributed by atoms with E-state index in [9.17, 15) is 13.2 Å². The molecule has 114 valence electrons. The first kappa shape index (κ1) is 15.0. The first-order valence-corrected chi connectivity index (χ1v) is 8.68. The van der Waals surface area contributed by atoms with E-state index in [1.807, 2.05) is 0 Å². The summed E-state index contributed by atoms with van der Waals surface area (Å²) in [7, 11) is -3.72. The molecule has 1 aliphatic rings. The Balaban J connectivity index is 1.82. The molecule has 0 saturated carbocycles.